The molecule has 4 atom stereocenters. The van der Waals surface area contributed by atoms with Gasteiger partial charge < -0.3 is 34.3 Å². The molecule has 0 unspecified atom stereocenters. The summed E-state index contributed by atoms with van der Waals surface area (Å²) in [5.41, 5.74) is 0. The zero-order chi connectivity index (χ0) is 30.8. The number of rotatable bonds is 25. The summed E-state index contributed by atoms with van der Waals surface area (Å²) in [6.45, 7) is 3.63. The van der Waals surface area contributed by atoms with Gasteiger partial charge in [0.15, 0.2) is 12.2 Å². The molecule has 246 valence electrons. The maximum Gasteiger partial charge on any atom is 0.306 e. The van der Waals surface area contributed by atoms with Gasteiger partial charge in [0.05, 0.1) is 26.4 Å². The third-order valence-corrected chi connectivity index (χ3v) is 7.47. The van der Waals surface area contributed by atoms with Gasteiger partial charge >= 0.3 is 17.9 Å². The van der Waals surface area contributed by atoms with E-state index in [-0.39, 0.29) is 25.9 Å². The molecule has 10 heteroatoms. The van der Waals surface area contributed by atoms with Crippen LogP contribution in [0.15, 0.2) is 0 Å². The van der Waals surface area contributed by atoms with Crippen molar-refractivity contribution in [2.75, 3.05) is 26.4 Å². The molecule has 2 fully saturated rings. The normalized spacial score (nSPS) is 19.9. The molecule has 0 aromatic heterocycles. The van der Waals surface area contributed by atoms with E-state index in [9.17, 15) is 24.6 Å². The molecule has 0 saturated carbocycles. The SMILES string of the molecule is C1CO1.CCCCCCCCCCCCCCCCCC(=O)O[C@H](CO)[C@H]1OC[C@H](O)[C@H]1OC(=O)CCCCC(=O)O. The Morgan fingerprint density at radius 1 is 0.738 bits per heavy atom. The van der Waals surface area contributed by atoms with Gasteiger partial charge in [0.25, 0.3) is 0 Å². The van der Waals surface area contributed by atoms with Crippen LogP contribution in [-0.2, 0) is 33.3 Å². The molecule has 0 aromatic carbocycles. The first-order valence-corrected chi connectivity index (χ1v) is 16.5. The van der Waals surface area contributed by atoms with Crippen LogP contribution in [-0.4, -0.2) is 84.1 Å². The topological polar surface area (TPSA) is 152 Å². The second-order valence-electron chi connectivity index (χ2n) is 11.4. The number of ether oxygens (including phenoxy) is 4. The van der Waals surface area contributed by atoms with E-state index < -0.39 is 48.9 Å². The van der Waals surface area contributed by atoms with Crippen molar-refractivity contribution < 1.29 is 48.7 Å². The Morgan fingerprint density at radius 2 is 1.19 bits per heavy atom. The van der Waals surface area contributed by atoms with Gasteiger partial charge in [0.1, 0.15) is 12.2 Å². The van der Waals surface area contributed by atoms with Crippen molar-refractivity contribution in [1.82, 2.24) is 0 Å². The van der Waals surface area contributed by atoms with Gasteiger partial charge in [-0.3, -0.25) is 14.4 Å². The number of hydrogen-bond donors (Lipinski definition) is 3. The Hall–Kier alpha value is -1.75. The fourth-order valence-corrected chi connectivity index (χ4v) is 4.92. The quantitative estimate of drug-likeness (QED) is 0.0695. The highest BCUT2D eigenvalue weighted by Crippen LogP contribution is 2.24. The van der Waals surface area contributed by atoms with Crippen LogP contribution in [0.3, 0.4) is 0 Å². The molecular weight excluding hydrogens is 544 g/mol. The van der Waals surface area contributed by atoms with Gasteiger partial charge in [0.2, 0.25) is 0 Å². The van der Waals surface area contributed by atoms with E-state index in [1.54, 1.807) is 0 Å². The number of carboxylic acid groups (broad SMARTS) is 1. The molecule has 2 rings (SSSR count). The second-order valence-corrected chi connectivity index (χ2v) is 11.4. The highest BCUT2D eigenvalue weighted by molar-refractivity contribution is 5.70. The van der Waals surface area contributed by atoms with Crippen molar-refractivity contribution in [3.63, 3.8) is 0 Å². The fourth-order valence-electron chi connectivity index (χ4n) is 4.92. The first-order valence-electron chi connectivity index (χ1n) is 16.5. The number of aliphatic hydroxyl groups excluding tert-OH is 2. The minimum absolute atomic E-state index is 0.00595. The molecule has 2 aliphatic rings. The first-order chi connectivity index (χ1) is 20.4. The van der Waals surface area contributed by atoms with E-state index >= 15 is 0 Å². The van der Waals surface area contributed by atoms with Crippen LogP contribution >= 0.6 is 0 Å². The number of epoxide rings is 1. The molecule has 0 amide bonds. The lowest BCUT2D eigenvalue weighted by Gasteiger charge is -2.27. The maximum atomic E-state index is 12.3. The molecule has 2 heterocycles. The van der Waals surface area contributed by atoms with Crippen molar-refractivity contribution in [3.8, 4) is 0 Å². The van der Waals surface area contributed by atoms with Crippen LogP contribution < -0.4 is 0 Å². The van der Waals surface area contributed by atoms with Crippen LogP contribution in [0.4, 0.5) is 0 Å². The number of carboxylic acids is 1. The van der Waals surface area contributed by atoms with Crippen LogP contribution in [0.5, 0.6) is 0 Å². The van der Waals surface area contributed by atoms with E-state index in [1.165, 1.54) is 77.0 Å². The summed E-state index contributed by atoms with van der Waals surface area (Å²) >= 11 is 0. The third-order valence-electron chi connectivity index (χ3n) is 7.47. The monoisotopic (exact) mass is 602 g/mol. The predicted molar refractivity (Wildman–Crippen MR) is 159 cm³/mol. The molecule has 0 aromatic rings. The fraction of sp³-hybridized carbons (Fsp3) is 0.906. The van der Waals surface area contributed by atoms with Crippen molar-refractivity contribution in [2.24, 2.45) is 0 Å². The van der Waals surface area contributed by atoms with E-state index in [0.717, 1.165) is 26.1 Å². The zero-order valence-electron chi connectivity index (χ0n) is 26.0. The summed E-state index contributed by atoms with van der Waals surface area (Å²) in [4.78, 5) is 35.0. The molecule has 3 N–H and O–H groups in total. The minimum atomic E-state index is -1.10. The minimum Gasteiger partial charge on any atom is -0.481 e. The van der Waals surface area contributed by atoms with E-state index in [2.05, 4.69) is 11.7 Å². The summed E-state index contributed by atoms with van der Waals surface area (Å²) in [5, 5.41) is 28.6. The summed E-state index contributed by atoms with van der Waals surface area (Å²) in [7, 11) is 0. The van der Waals surface area contributed by atoms with E-state index in [0.29, 0.717) is 19.3 Å². The lowest BCUT2D eigenvalue weighted by Crippen LogP contribution is -2.45. The van der Waals surface area contributed by atoms with Crippen LogP contribution in [0, 0.1) is 0 Å². The number of aliphatic carboxylic acids is 1. The first kappa shape index (κ1) is 38.3. The zero-order valence-corrected chi connectivity index (χ0v) is 26.0. The van der Waals surface area contributed by atoms with Gasteiger partial charge in [-0.05, 0) is 19.3 Å². The average molecular weight is 603 g/mol. The summed E-state index contributed by atoms with van der Waals surface area (Å²) in [6, 6.07) is 0. The van der Waals surface area contributed by atoms with Crippen LogP contribution in [0.2, 0.25) is 0 Å². The van der Waals surface area contributed by atoms with Crippen LogP contribution in [0.25, 0.3) is 0 Å². The third kappa shape index (κ3) is 21.0. The lowest BCUT2D eigenvalue weighted by molar-refractivity contribution is -0.171. The number of carbonyl (C=O) groups is 3. The number of hydrogen-bond acceptors (Lipinski definition) is 9. The lowest BCUT2D eigenvalue weighted by atomic mass is 10.0. The standard InChI is InChI=1S/C30H54O9.C2H4O/c1-2-3-4-5-6-7-8-9-10-11-12-13-14-15-16-20-27(35)38-25(22-31)30-29(24(32)23-37-30)39-28(36)21-18-17-19-26(33)34;1-2-3-1/h24-25,29-32H,2-23H2,1H3,(H,33,34);1-2H2/t24-,25+,29+,30+;/m0./s1. The number of carbonyl (C=O) groups excluding carboxylic acids is 2. The van der Waals surface area contributed by atoms with E-state index in [1.807, 2.05) is 0 Å². The average Bonchev–Trinajstić information content (AvgIpc) is 3.81. The van der Waals surface area contributed by atoms with Crippen molar-refractivity contribution in [3.05, 3.63) is 0 Å². The Labute approximate surface area is 252 Å². The predicted octanol–water partition coefficient (Wildman–Crippen LogP) is 5.49. The molecule has 0 bridgehead atoms. The smallest absolute Gasteiger partial charge is 0.306 e. The van der Waals surface area contributed by atoms with Gasteiger partial charge in [-0.2, -0.15) is 0 Å². The van der Waals surface area contributed by atoms with Crippen molar-refractivity contribution in [2.45, 2.75) is 160 Å². The number of unbranched alkanes of at least 4 members (excludes halogenated alkanes) is 15. The van der Waals surface area contributed by atoms with Crippen molar-refractivity contribution >= 4 is 17.9 Å². The Morgan fingerprint density at radius 3 is 1.67 bits per heavy atom. The summed E-state index contributed by atoms with van der Waals surface area (Å²) < 4.78 is 20.7. The van der Waals surface area contributed by atoms with Crippen LogP contribution in [0.1, 0.15) is 135 Å². The molecule has 42 heavy (non-hydrogen) atoms. The molecular formula is C32H58O10. The second kappa shape index (κ2) is 25.7. The molecule has 0 aliphatic carbocycles. The maximum absolute atomic E-state index is 12.3. The summed E-state index contributed by atoms with van der Waals surface area (Å²) in [6.07, 6.45) is 15.3. The molecule has 0 spiro atoms. The van der Waals surface area contributed by atoms with E-state index in [4.69, 9.17) is 19.3 Å². The summed E-state index contributed by atoms with van der Waals surface area (Å²) in [5.74, 6) is -1.98. The van der Waals surface area contributed by atoms with Gasteiger partial charge in [0, 0.05) is 19.3 Å². The molecule has 10 nitrogen and oxygen atoms in total. The number of aliphatic hydroxyl groups is 2. The Balaban J connectivity index is 0.00000275. The highest BCUT2D eigenvalue weighted by atomic mass is 16.6. The highest BCUT2D eigenvalue weighted by Gasteiger charge is 2.45. The molecule has 0 radical (unpaired) electrons. The van der Waals surface area contributed by atoms with Gasteiger partial charge in [-0.1, -0.05) is 96.8 Å². The molecule has 2 saturated heterocycles. The largest absolute Gasteiger partial charge is 0.481 e. The van der Waals surface area contributed by atoms with Gasteiger partial charge in [-0.25, -0.2) is 0 Å². The van der Waals surface area contributed by atoms with Gasteiger partial charge in [-0.15, -0.1) is 0 Å². The Bertz CT molecular complexity index is 696. The Kier molecular flexibility index (Phi) is 23.4. The number of esters is 2. The molecule has 2 aliphatic heterocycles. The van der Waals surface area contributed by atoms with Crippen molar-refractivity contribution in [1.29, 1.82) is 0 Å².